The lowest BCUT2D eigenvalue weighted by Gasteiger charge is -2.13. The first kappa shape index (κ1) is 17.5. The molecule has 8 nitrogen and oxygen atoms in total. The number of hydrogen-bond donors (Lipinski definition) is 2. The predicted octanol–water partition coefficient (Wildman–Crippen LogP) is 2.33. The van der Waals surface area contributed by atoms with Gasteiger partial charge < -0.3 is 9.73 Å². The van der Waals surface area contributed by atoms with Gasteiger partial charge in [0.25, 0.3) is 5.91 Å². The largest absolute Gasteiger partial charge is 0.444 e. The Kier molecular flexibility index (Phi) is 4.59. The topological polar surface area (TPSA) is 105 Å². The van der Waals surface area contributed by atoms with Crippen molar-refractivity contribution in [3.8, 4) is 11.5 Å². The number of urea groups is 1. The smallest absolute Gasteiger partial charge is 0.329 e. The lowest BCUT2D eigenvalue weighted by molar-refractivity contribution is -0.117. The average Bonchev–Trinajstić information content (AvgIpc) is 3.33. The van der Waals surface area contributed by atoms with Crippen molar-refractivity contribution in [1.29, 1.82) is 0 Å². The molecule has 1 aliphatic rings. The molecule has 4 rings (SSSR count). The molecule has 8 heteroatoms. The van der Waals surface area contributed by atoms with Crippen LogP contribution >= 0.6 is 0 Å². The Hall–Kier alpha value is -3.94. The number of hydrogen-bond acceptors (Lipinski definition) is 5. The molecule has 0 bridgehead atoms. The van der Waals surface area contributed by atoms with Crippen LogP contribution in [0.25, 0.3) is 11.5 Å². The van der Waals surface area contributed by atoms with Crippen LogP contribution in [0.1, 0.15) is 16.1 Å². The molecule has 0 unspecified atom stereocenters. The zero-order chi connectivity index (χ0) is 19.5. The first-order valence-electron chi connectivity index (χ1n) is 8.59. The van der Waals surface area contributed by atoms with Crippen LogP contribution in [0, 0.1) is 0 Å². The van der Waals surface area contributed by atoms with Gasteiger partial charge >= 0.3 is 6.03 Å². The van der Waals surface area contributed by atoms with Crippen LogP contribution in [-0.4, -0.2) is 29.4 Å². The van der Waals surface area contributed by atoms with E-state index in [1.54, 1.807) is 24.3 Å². The number of aromatic nitrogens is 1. The lowest BCUT2D eigenvalue weighted by Crippen LogP contribution is -2.28. The molecule has 0 saturated carbocycles. The zero-order valence-corrected chi connectivity index (χ0v) is 14.7. The highest BCUT2D eigenvalue weighted by Crippen LogP contribution is 2.19. The molecule has 2 aromatic carbocycles. The Balaban J connectivity index is 1.37. The molecule has 0 atom stereocenters. The average molecular weight is 376 g/mol. The first-order chi connectivity index (χ1) is 13.6. The van der Waals surface area contributed by atoms with Crippen molar-refractivity contribution in [2.45, 2.75) is 6.54 Å². The maximum absolute atomic E-state index is 12.3. The fraction of sp³-hybridized carbons (Fsp3) is 0.100. The molecule has 1 aromatic heterocycles. The SMILES string of the molecule is O=C1CN(c2ccc(C(=O)NCc3coc(-c4ccccc4)n3)cc2)C(=O)N1. The first-order valence-corrected chi connectivity index (χ1v) is 8.59. The molecular formula is C20H16N4O4. The van der Waals surface area contributed by atoms with Gasteiger partial charge in [-0.25, -0.2) is 9.78 Å². The van der Waals surface area contributed by atoms with Crippen molar-refractivity contribution in [1.82, 2.24) is 15.6 Å². The number of imide groups is 1. The number of carbonyl (C=O) groups excluding carboxylic acids is 3. The molecule has 1 saturated heterocycles. The van der Waals surface area contributed by atoms with E-state index in [9.17, 15) is 14.4 Å². The van der Waals surface area contributed by atoms with E-state index in [0.29, 0.717) is 22.8 Å². The third-order valence-electron chi connectivity index (χ3n) is 4.24. The van der Waals surface area contributed by atoms with E-state index in [1.165, 1.54) is 11.2 Å². The second-order valence-corrected chi connectivity index (χ2v) is 6.18. The molecule has 0 radical (unpaired) electrons. The molecule has 0 aliphatic carbocycles. The van der Waals surface area contributed by atoms with E-state index in [2.05, 4.69) is 15.6 Å². The van der Waals surface area contributed by atoms with E-state index in [4.69, 9.17) is 4.42 Å². The molecule has 1 fully saturated rings. The van der Waals surface area contributed by atoms with Crippen molar-refractivity contribution in [2.75, 3.05) is 11.4 Å². The summed E-state index contributed by atoms with van der Waals surface area (Å²) in [7, 11) is 0. The summed E-state index contributed by atoms with van der Waals surface area (Å²) in [6, 6.07) is 15.5. The van der Waals surface area contributed by atoms with Crippen LogP contribution in [-0.2, 0) is 11.3 Å². The highest BCUT2D eigenvalue weighted by atomic mass is 16.3. The molecule has 0 spiro atoms. The van der Waals surface area contributed by atoms with Gasteiger partial charge in [0.1, 0.15) is 12.8 Å². The van der Waals surface area contributed by atoms with Gasteiger partial charge in [0.2, 0.25) is 11.8 Å². The summed E-state index contributed by atoms with van der Waals surface area (Å²) in [5.74, 6) is -0.139. The molecular weight excluding hydrogens is 360 g/mol. The van der Waals surface area contributed by atoms with Crippen molar-refractivity contribution in [3.63, 3.8) is 0 Å². The van der Waals surface area contributed by atoms with Gasteiger partial charge in [-0.15, -0.1) is 0 Å². The van der Waals surface area contributed by atoms with Crippen LogP contribution in [0.15, 0.2) is 65.3 Å². The second-order valence-electron chi connectivity index (χ2n) is 6.18. The van der Waals surface area contributed by atoms with Gasteiger partial charge in [0, 0.05) is 16.8 Å². The third-order valence-corrected chi connectivity index (χ3v) is 4.24. The third kappa shape index (κ3) is 3.61. The normalized spacial score (nSPS) is 13.5. The molecule has 140 valence electrons. The molecule has 1 aliphatic heterocycles. The quantitative estimate of drug-likeness (QED) is 0.665. The number of nitrogens with zero attached hydrogens (tertiary/aromatic N) is 2. The summed E-state index contributed by atoms with van der Waals surface area (Å²) in [4.78, 5) is 40.9. The van der Waals surface area contributed by atoms with E-state index >= 15 is 0 Å². The fourth-order valence-corrected chi connectivity index (χ4v) is 2.82. The zero-order valence-electron chi connectivity index (χ0n) is 14.7. The predicted molar refractivity (Wildman–Crippen MR) is 100 cm³/mol. The Morgan fingerprint density at radius 1 is 1.11 bits per heavy atom. The van der Waals surface area contributed by atoms with E-state index < -0.39 is 6.03 Å². The molecule has 3 aromatic rings. The minimum absolute atomic E-state index is 0.0275. The highest BCUT2D eigenvalue weighted by molar-refractivity contribution is 6.12. The van der Waals surface area contributed by atoms with Crippen LogP contribution in [0.3, 0.4) is 0 Å². The summed E-state index contributed by atoms with van der Waals surface area (Å²) in [6.07, 6.45) is 1.51. The van der Waals surface area contributed by atoms with Crippen LogP contribution in [0.5, 0.6) is 0 Å². The van der Waals surface area contributed by atoms with E-state index in [0.717, 1.165) is 5.56 Å². The minimum atomic E-state index is -0.470. The van der Waals surface area contributed by atoms with Gasteiger partial charge in [0.05, 0.1) is 12.2 Å². The lowest BCUT2D eigenvalue weighted by atomic mass is 10.2. The number of nitrogens with one attached hydrogen (secondary N) is 2. The Bertz CT molecular complexity index is 1030. The Morgan fingerprint density at radius 3 is 2.54 bits per heavy atom. The van der Waals surface area contributed by atoms with Gasteiger partial charge in [-0.3, -0.25) is 19.8 Å². The summed E-state index contributed by atoms with van der Waals surface area (Å²) in [6.45, 7) is 0.195. The summed E-state index contributed by atoms with van der Waals surface area (Å²) in [5, 5.41) is 4.98. The van der Waals surface area contributed by atoms with Gasteiger partial charge in [0.15, 0.2) is 0 Å². The highest BCUT2D eigenvalue weighted by Gasteiger charge is 2.27. The maximum atomic E-state index is 12.3. The van der Waals surface area contributed by atoms with Crippen molar-refractivity contribution in [2.24, 2.45) is 0 Å². The molecule has 2 N–H and O–H groups in total. The van der Waals surface area contributed by atoms with Crippen molar-refractivity contribution >= 4 is 23.5 Å². The monoisotopic (exact) mass is 376 g/mol. The Morgan fingerprint density at radius 2 is 1.86 bits per heavy atom. The fourth-order valence-electron chi connectivity index (χ4n) is 2.82. The minimum Gasteiger partial charge on any atom is -0.444 e. The number of oxazole rings is 1. The van der Waals surface area contributed by atoms with Crippen molar-refractivity contribution in [3.05, 3.63) is 72.1 Å². The van der Waals surface area contributed by atoms with Gasteiger partial charge in [-0.1, -0.05) is 18.2 Å². The van der Waals surface area contributed by atoms with E-state index in [1.807, 2.05) is 30.3 Å². The summed E-state index contributed by atoms with van der Waals surface area (Å²) in [5.41, 5.74) is 2.45. The number of rotatable bonds is 5. The number of amides is 4. The van der Waals surface area contributed by atoms with Crippen LogP contribution in [0.4, 0.5) is 10.5 Å². The number of benzene rings is 2. The Labute approximate surface area is 160 Å². The van der Waals surface area contributed by atoms with Gasteiger partial charge in [-0.2, -0.15) is 0 Å². The van der Waals surface area contributed by atoms with Crippen LogP contribution < -0.4 is 15.5 Å². The summed E-state index contributed by atoms with van der Waals surface area (Å²) >= 11 is 0. The standard InChI is InChI=1S/C20H16N4O4/c25-17-11-24(20(27)23-17)16-8-6-13(7-9-16)18(26)21-10-15-12-28-19(22-15)14-4-2-1-3-5-14/h1-9,12H,10-11H2,(H,21,26)(H,23,25,27). The summed E-state index contributed by atoms with van der Waals surface area (Å²) < 4.78 is 5.45. The molecule has 4 amide bonds. The number of anilines is 1. The van der Waals surface area contributed by atoms with Gasteiger partial charge in [-0.05, 0) is 36.4 Å². The van der Waals surface area contributed by atoms with Crippen LogP contribution in [0.2, 0.25) is 0 Å². The van der Waals surface area contributed by atoms with E-state index in [-0.39, 0.29) is 24.9 Å². The van der Waals surface area contributed by atoms with Crippen molar-refractivity contribution < 1.29 is 18.8 Å². The molecule has 28 heavy (non-hydrogen) atoms. The second kappa shape index (κ2) is 7.36. The number of carbonyl (C=O) groups is 3. The maximum Gasteiger partial charge on any atom is 0.329 e. The molecule has 2 heterocycles.